The van der Waals surface area contributed by atoms with Crippen molar-refractivity contribution in [2.24, 2.45) is 0 Å². The van der Waals surface area contributed by atoms with Gasteiger partial charge in [0.05, 0.1) is 17.9 Å². The number of rotatable bonds is 7. The smallest absolute Gasteiger partial charge is 0.174 e. The summed E-state index contributed by atoms with van der Waals surface area (Å²) in [5.41, 5.74) is 5.07. The normalized spacial score (nSPS) is 11.1. The van der Waals surface area contributed by atoms with Crippen LogP contribution in [0.25, 0.3) is 33.9 Å². The van der Waals surface area contributed by atoms with Gasteiger partial charge in [-0.25, -0.2) is 4.98 Å². The molecule has 0 saturated carbocycles. The van der Waals surface area contributed by atoms with Crippen molar-refractivity contribution >= 4 is 0 Å². The Balaban J connectivity index is 2.00. The quantitative estimate of drug-likeness (QED) is 0.425. The summed E-state index contributed by atoms with van der Waals surface area (Å²) >= 11 is 0. The van der Waals surface area contributed by atoms with Crippen LogP contribution in [0.4, 0.5) is 0 Å². The van der Waals surface area contributed by atoms with Crippen LogP contribution < -0.4 is 0 Å². The third-order valence-electron chi connectivity index (χ3n) is 4.86. The molecule has 5 heteroatoms. The van der Waals surface area contributed by atoms with Crippen LogP contribution in [0.15, 0.2) is 85.2 Å². The molecule has 0 unspecified atom stereocenters. The van der Waals surface area contributed by atoms with Gasteiger partial charge in [-0.1, -0.05) is 60.7 Å². The molecule has 0 fully saturated rings. The van der Waals surface area contributed by atoms with E-state index in [4.69, 9.17) is 14.5 Å². The summed E-state index contributed by atoms with van der Waals surface area (Å²) in [5, 5.41) is 0. The first-order valence-electron chi connectivity index (χ1n) is 9.49. The molecular weight excluding hydrogens is 362 g/mol. The molecule has 0 radical (unpaired) electrons. The van der Waals surface area contributed by atoms with E-state index in [0.29, 0.717) is 6.54 Å². The maximum atomic E-state index is 5.52. The molecule has 2 aromatic heterocycles. The fourth-order valence-corrected chi connectivity index (χ4v) is 3.43. The van der Waals surface area contributed by atoms with Crippen LogP contribution in [-0.2, 0) is 16.0 Å². The standard InChI is InChI=1S/C24H23N3O2/c1-28-21(29-2)17-27-23(19-13-15-25-16-14-19)22(18-9-5-3-6-10-18)26-24(27)20-11-7-4-8-12-20/h3-16,21H,17H2,1-2H3. The monoisotopic (exact) mass is 385 g/mol. The Morgan fingerprint density at radius 2 is 1.34 bits per heavy atom. The molecule has 146 valence electrons. The van der Waals surface area contributed by atoms with Gasteiger partial charge >= 0.3 is 0 Å². The van der Waals surface area contributed by atoms with Crippen LogP contribution in [0.3, 0.4) is 0 Å². The maximum absolute atomic E-state index is 5.52. The minimum absolute atomic E-state index is 0.393. The number of pyridine rings is 1. The molecule has 0 amide bonds. The van der Waals surface area contributed by atoms with Gasteiger partial charge in [0.15, 0.2) is 6.29 Å². The Bertz CT molecular complexity index is 1040. The Hall–Kier alpha value is -3.28. The Morgan fingerprint density at radius 3 is 1.93 bits per heavy atom. The van der Waals surface area contributed by atoms with Crippen LogP contribution in [0.1, 0.15) is 0 Å². The lowest BCUT2D eigenvalue weighted by atomic mass is 10.1. The molecule has 4 aromatic rings. The molecule has 2 aromatic carbocycles. The first-order chi connectivity index (χ1) is 14.3. The van der Waals surface area contributed by atoms with Crippen LogP contribution in [0.5, 0.6) is 0 Å². The fraction of sp³-hybridized carbons (Fsp3) is 0.167. The first-order valence-corrected chi connectivity index (χ1v) is 9.49. The number of ether oxygens (including phenoxy) is 2. The van der Waals surface area contributed by atoms with E-state index in [-0.39, 0.29) is 0 Å². The molecule has 0 aliphatic carbocycles. The molecule has 4 rings (SSSR count). The molecule has 0 bridgehead atoms. The zero-order chi connectivity index (χ0) is 20.1. The van der Waals surface area contributed by atoms with E-state index in [1.807, 2.05) is 48.5 Å². The largest absolute Gasteiger partial charge is 0.354 e. The minimum atomic E-state index is -0.393. The van der Waals surface area contributed by atoms with Crippen LogP contribution in [-0.4, -0.2) is 35.0 Å². The zero-order valence-corrected chi connectivity index (χ0v) is 16.5. The summed E-state index contributed by atoms with van der Waals surface area (Å²) in [4.78, 5) is 9.26. The van der Waals surface area contributed by atoms with Gasteiger partial charge < -0.3 is 14.0 Å². The number of nitrogens with zero attached hydrogens (tertiary/aromatic N) is 3. The SMILES string of the molecule is COC(Cn1c(-c2ccccc2)nc(-c2ccccc2)c1-c1ccncc1)OC. The molecule has 2 heterocycles. The van der Waals surface area contributed by atoms with Crippen molar-refractivity contribution in [3.05, 3.63) is 85.2 Å². The van der Waals surface area contributed by atoms with Crippen LogP contribution in [0, 0.1) is 0 Å². The van der Waals surface area contributed by atoms with Crippen LogP contribution >= 0.6 is 0 Å². The second-order valence-corrected chi connectivity index (χ2v) is 6.61. The minimum Gasteiger partial charge on any atom is -0.354 e. The summed E-state index contributed by atoms with van der Waals surface area (Å²) in [6.07, 6.45) is 3.21. The molecular formula is C24H23N3O2. The van der Waals surface area contributed by atoms with E-state index < -0.39 is 6.29 Å². The molecule has 0 N–H and O–H groups in total. The topological polar surface area (TPSA) is 49.2 Å². The van der Waals surface area contributed by atoms with Crippen molar-refractivity contribution in [2.45, 2.75) is 12.8 Å². The lowest BCUT2D eigenvalue weighted by Gasteiger charge is -2.19. The molecule has 0 atom stereocenters. The summed E-state index contributed by atoms with van der Waals surface area (Å²) in [6.45, 7) is 0.509. The summed E-state index contributed by atoms with van der Waals surface area (Å²) in [7, 11) is 3.30. The molecule has 0 aliphatic heterocycles. The van der Waals surface area contributed by atoms with Gasteiger partial charge in [-0.05, 0) is 12.1 Å². The summed E-state index contributed by atoms with van der Waals surface area (Å²) in [5.74, 6) is 0.871. The number of aromatic nitrogens is 3. The lowest BCUT2D eigenvalue weighted by molar-refractivity contribution is -0.110. The lowest BCUT2D eigenvalue weighted by Crippen LogP contribution is -2.21. The Morgan fingerprint density at radius 1 is 0.759 bits per heavy atom. The van der Waals surface area contributed by atoms with E-state index in [9.17, 15) is 0 Å². The maximum Gasteiger partial charge on any atom is 0.174 e. The molecule has 0 aliphatic rings. The van der Waals surface area contributed by atoms with Crippen molar-refractivity contribution < 1.29 is 9.47 Å². The molecule has 0 saturated heterocycles. The van der Waals surface area contributed by atoms with E-state index in [2.05, 4.69) is 33.8 Å². The highest BCUT2D eigenvalue weighted by atomic mass is 16.7. The van der Waals surface area contributed by atoms with Crippen LogP contribution in [0.2, 0.25) is 0 Å². The zero-order valence-electron chi connectivity index (χ0n) is 16.5. The highest BCUT2D eigenvalue weighted by Crippen LogP contribution is 2.36. The second kappa shape index (κ2) is 8.82. The van der Waals surface area contributed by atoms with Gasteiger partial charge in [0.1, 0.15) is 5.82 Å². The van der Waals surface area contributed by atoms with E-state index in [1.165, 1.54) is 0 Å². The summed E-state index contributed by atoms with van der Waals surface area (Å²) in [6, 6.07) is 24.4. The number of benzene rings is 2. The number of methoxy groups -OCH3 is 2. The van der Waals surface area contributed by atoms with Gasteiger partial charge in [0.2, 0.25) is 0 Å². The average Bonchev–Trinajstić information content (AvgIpc) is 3.18. The van der Waals surface area contributed by atoms with Gasteiger partial charge in [0.25, 0.3) is 0 Å². The van der Waals surface area contributed by atoms with Gasteiger partial charge in [0, 0.05) is 43.3 Å². The van der Waals surface area contributed by atoms with Crippen molar-refractivity contribution in [2.75, 3.05) is 14.2 Å². The first kappa shape index (κ1) is 19.1. The molecule has 5 nitrogen and oxygen atoms in total. The highest BCUT2D eigenvalue weighted by molar-refractivity contribution is 5.82. The molecule has 29 heavy (non-hydrogen) atoms. The fourth-order valence-electron chi connectivity index (χ4n) is 3.43. The van der Waals surface area contributed by atoms with E-state index in [0.717, 1.165) is 33.9 Å². The highest BCUT2D eigenvalue weighted by Gasteiger charge is 2.23. The van der Waals surface area contributed by atoms with Gasteiger partial charge in [-0.15, -0.1) is 0 Å². The average molecular weight is 385 g/mol. The number of hydrogen-bond acceptors (Lipinski definition) is 4. The predicted molar refractivity (Wildman–Crippen MR) is 114 cm³/mol. The predicted octanol–water partition coefficient (Wildman–Crippen LogP) is 4.90. The van der Waals surface area contributed by atoms with Crippen molar-refractivity contribution in [1.82, 2.24) is 14.5 Å². The molecule has 0 spiro atoms. The summed E-state index contributed by atoms with van der Waals surface area (Å²) < 4.78 is 13.2. The Kier molecular flexibility index (Phi) is 5.79. The van der Waals surface area contributed by atoms with Gasteiger partial charge in [-0.2, -0.15) is 0 Å². The van der Waals surface area contributed by atoms with Crippen molar-refractivity contribution in [1.29, 1.82) is 0 Å². The third kappa shape index (κ3) is 3.97. The van der Waals surface area contributed by atoms with E-state index >= 15 is 0 Å². The Labute approximate surface area is 170 Å². The number of imidazole rings is 1. The second-order valence-electron chi connectivity index (χ2n) is 6.61. The van der Waals surface area contributed by atoms with Crippen molar-refractivity contribution in [3.8, 4) is 33.9 Å². The number of hydrogen-bond donors (Lipinski definition) is 0. The van der Waals surface area contributed by atoms with E-state index in [1.54, 1.807) is 26.6 Å². The van der Waals surface area contributed by atoms with Crippen molar-refractivity contribution in [3.63, 3.8) is 0 Å². The van der Waals surface area contributed by atoms with Gasteiger partial charge in [-0.3, -0.25) is 4.98 Å². The third-order valence-corrected chi connectivity index (χ3v) is 4.86.